The zero-order valence-corrected chi connectivity index (χ0v) is 9.87. The lowest BCUT2D eigenvalue weighted by Crippen LogP contribution is -2.43. The van der Waals surface area contributed by atoms with Crippen molar-refractivity contribution >= 4 is 5.69 Å². The summed E-state index contributed by atoms with van der Waals surface area (Å²) in [5, 5.41) is 10.5. The molecule has 5 heteroatoms. The lowest BCUT2D eigenvalue weighted by Gasteiger charge is -2.32. The molecule has 4 nitrogen and oxygen atoms in total. The lowest BCUT2D eigenvalue weighted by atomic mass is 9.76. The molecule has 0 atom stereocenters. The van der Waals surface area contributed by atoms with Crippen molar-refractivity contribution < 1.29 is 9.31 Å². The molecule has 0 spiro atoms. The molecule has 0 radical (unpaired) electrons. The number of nitrogens with zero attached hydrogens (tertiary/aromatic N) is 1. The van der Waals surface area contributed by atoms with E-state index >= 15 is 0 Å². The van der Waals surface area contributed by atoms with Crippen LogP contribution >= 0.6 is 0 Å². The largest absolute Gasteiger partial charge is 0.324 e. The average Bonchev–Trinajstić information content (AvgIpc) is 2.97. The Balaban J connectivity index is 2.41. The second-order valence-corrected chi connectivity index (χ2v) is 5.20. The molecule has 2 N–H and O–H groups in total. The van der Waals surface area contributed by atoms with E-state index in [0.29, 0.717) is 5.56 Å². The highest BCUT2D eigenvalue weighted by molar-refractivity contribution is 5.40. The minimum atomic E-state index is -0.801. The van der Waals surface area contributed by atoms with E-state index in [-0.39, 0.29) is 11.0 Å². The summed E-state index contributed by atoms with van der Waals surface area (Å²) in [4.78, 5) is 9.81. The molecule has 0 amide bonds. The molecule has 1 fully saturated rings. The van der Waals surface area contributed by atoms with Crippen molar-refractivity contribution in [2.45, 2.75) is 37.6 Å². The predicted octanol–water partition coefficient (Wildman–Crippen LogP) is 2.50. The van der Waals surface area contributed by atoms with Crippen molar-refractivity contribution in [2.75, 3.05) is 0 Å². The molecule has 1 aliphatic rings. The smallest absolute Gasteiger partial charge is 0.304 e. The fourth-order valence-corrected chi connectivity index (χ4v) is 2.09. The number of nitro groups is 1. The van der Waals surface area contributed by atoms with E-state index in [9.17, 15) is 14.5 Å². The molecule has 17 heavy (non-hydrogen) atoms. The van der Waals surface area contributed by atoms with E-state index in [2.05, 4.69) is 0 Å². The summed E-state index contributed by atoms with van der Waals surface area (Å²) in [7, 11) is 0. The molecule has 0 heterocycles. The van der Waals surface area contributed by atoms with Crippen molar-refractivity contribution in [1.82, 2.24) is 0 Å². The van der Waals surface area contributed by atoms with Gasteiger partial charge in [0.2, 0.25) is 5.82 Å². The maximum atomic E-state index is 13.6. The number of rotatable bonds is 3. The van der Waals surface area contributed by atoms with Crippen LogP contribution in [0, 0.1) is 15.9 Å². The van der Waals surface area contributed by atoms with Crippen LogP contribution in [0.4, 0.5) is 10.1 Å². The quantitative estimate of drug-likeness (QED) is 0.649. The van der Waals surface area contributed by atoms with Crippen LogP contribution in [0.2, 0.25) is 0 Å². The highest BCUT2D eigenvalue weighted by atomic mass is 19.1. The minimum Gasteiger partial charge on any atom is -0.324 e. The lowest BCUT2D eigenvalue weighted by molar-refractivity contribution is -0.387. The Hall–Kier alpha value is -1.49. The van der Waals surface area contributed by atoms with Gasteiger partial charge in [0.1, 0.15) is 0 Å². The second kappa shape index (κ2) is 3.50. The Morgan fingerprint density at radius 2 is 2.06 bits per heavy atom. The molecule has 1 aliphatic carbocycles. The van der Waals surface area contributed by atoms with E-state index in [1.54, 1.807) is 6.07 Å². The van der Waals surface area contributed by atoms with Crippen LogP contribution < -0.4 is 5.73 Å². The van der Waals surface area contributed by atoms with Gasteiger partial charge in [0.15, 0.2) is 0 Å². The monoisotopic (exact) mass is 238 g/mol. The zero-order chi connectivity index (χ0) is 12.8. The molecule has 0 unspecified atom stereocenters. The van der Waals surface area contributed by atoms with Crippen LogP contribution in [0.5, 0.6) is 0 Å². The Bertz CT molecular complexity index is 481. The van der Waals surface area contributed by atoms with Crippen molar-refractivity contribution in [3.8, 4) is 0 Å². The van der Waals surface area contributed by atoms with Gasteiger partial charge < -0.3 is 5.73 Å². The van der Waals surface area contributed by atoms with Crippen LogP contribution in [0.25, 0.3) is 0 Å². The standard InChI is InChI=1S/C12H15FN2O2/c1-11(2,12(14)5-6-12)8-3-4-10(15(16)17)9(13)7-8/h3-4,7H,5-6,14H2,1-2H3. The molecule has 0 aromatic heterocycles. The maximum Gasteiger partial charge on any atom is 0.304 e. The van der Waals surface area contributed by atoms with E-state index in [4.69, 9.17) is 5.73 Å². The normalized spacial score (nSPS) is 17.9. The van der Waals surface area contributed by atoms with E-state index < -0.39 is 16.4 Å². The number of nitro benzene ring substituents is 1. The highest BCUT2D eigenvalue weighted by Gasteiger charge is 2.52. The van der Waals surface area contributed by atoms with Gasteiger partial charge in [-0.2, -0.15) is 4.39 Å². The molecule has 0 bridgehead atoms. The van der Waals surface area contributed by atoms with Gasteiger partial charge in [0, 0.05) is 17.0 Å². The summed E-state index contributed by atoms with van der Waals surface area (Å²) < 4.78 is 13.6. The van der Waals surface area contributed by atoms with Crippen molar-refractivity contribution in [2.24, 2.45) is 5.73 Å². The van der Waals surface area contributed by atoms with Gasteiger partial charge >= 0.3 is 5.69 Å². The number of halogens is 1. The summed E-state index contributed by atoms with van der Waals surface area (Å²) in [6.07, 6.45) is 1.80. The van der Waals surface area contributed by atoms with Crippen LogP contribution in [-0.4, -0.2) is 10.5 Å². The molecule has 2 rings (SSSR count). The summed E-state index contributed by atoms with van der Waals surface area (Å²) in [6, 6.07) is 4.03. The third kappa shape index (κ3) is 1.80. The van der Waals surface area contributed by atoms with Gasteiger partial charge in [-0.1, -0.05) is 19.9 Å². The third-order valence-corrected chi connectivity index (χ3v) is 3.90. The first-order valence-corrected chi connectivity index (χ1v) is 5.51. The number of hydrogen-bond donors (Lipinski definition) is 1. The minimum absolute atomic E-state index is 0.310. The first-order chi connectivity index (χ1) is 7.78. The Morgan fingerprint density at radius 1 is 1.47 bits per heavy atom. The SMILES string of the molecule is CC(C)(c1ccc([N+](=O)[O-])c(F)c1)C1(N)CC1. The zero-order valence-electron chi connectivity index (χ0n) is 9.87. The fourth-order valence-electron chi connectivity index (χ4n) is 2.09. The maximum absolute atomic E-state index is 13.6. The average molecular weight is 238 g/mol. The Kier molecular flexibility index (Phi) is 2.47. The van der Waals surface area contributed by atoms with E-state index in [0.717, 1.165) is 12.8 Å². The number of nitrogens with two attached hydrogens (primary N) is 1. The summed E-state index contributed by atoms with van der Waals surface area (Å²) >= 11 is 0. The highest BCUT2D eigenvalue weighted by Crippen LogP contribution is 2.49. The van der Waals surface area contributed by atoms with Gasteiger partial charge in [-0.05, 0) is 24.5 Å². The molecule has 92 valence electrons. The second-order valence-electron chi connectivity index (χ2n) is 5.20. The van der Waals surface area contributed by atoms with E-state index in [1.807, 2.05) is 13.8 Å². The van der Waals surface area contributed by atoms with Crippen LogP contribution in [0.15, 0.2) is 18.2 Å². The van der Waals surface area contributed by atoms with Gasteiger partial charge in [-0.3, -0.25) is 10.1 Å². The molecule has 1 saturated carbocycles. The number of hydrogen-bond acceptors (Lipinski definition) is 3. The van der Waals surface area contributed by atoms with Gasteiger partial charge in [0.05, 0.1) is 4.92 Å². The fraction of sp³-hybridized carbons (Fsp3) is 0.500. The van der Waals surface area contributed by atoms with Crippen molar-refractivity contribution in [3.05, 3.63) is 39.7 Å². The summed E-state index contributed by atoms with van der Waals surface area (Å²) in [5.41, 5.74) is 5.68. The van der Waals surface area contributed by atoms with Gasteiger partial charge in [0.25, 0.3) is 0 Å². The molecular weight excluding hydrogens is 223 g/mol. The van der Waals surface area contributed by atoms with Crippen LogP contribution in [0.1, 0.15) is 32.3 Å². The van der Waals surface area contributed by atoms with E-state index in [1.165, 1.54) is 12.1 Å². The topological polar surface area (TPSA) is 69.2 Å². The van der Waals surface area contributed by atoms with Crippen molar-refractivity contribution in [1.29, 1.82) is 0 Å². The summed E-state index contributed by atoms with van der Waals surface area (Å²) in [5.74, 6) is -0.801. The van der Waals surface area contributed by atoms with Crippen molar-refractivity contribution in [3.63, 3.8) is 0 Å². The first kappa shape index (κ1) is 12.0. The van der Waals surface area contributed by atoms with Crippen LogP contribution in [-0.2, 0) is 5.41 Å². The van der Waals surface area contributed by atoms with Gasteiger partial charge in [-0.15, -0.1) is 0 Å². The van der Waals surface area contributed by atoms with Gasteiger partial charge in [-0.25, -0.2) is 0 Å². The predicted molar refractivity (Wildman–Crippen MR) is 62.2 cm³/mol. The molecule has 1 aromatic carbocycles. The summed E-state index contributed by atoms with van der Waals surface area (Å²) in [6.45, 7) is 3.89. The first-order valence-electron chi connectivity index (χ1n) is 5.51. The molecule has 0 aliphatic heterocycles. The molecule has 0 saturated heterocycles. The Labute approximate surface area is 98.8 Å². The number of benzene rings is 1. The van der Waals surface area contributed by atoms with Crippen LogP contribution in [0.3, 0.4) is 0 Å². The molecular formula is C12H15FN2O2. The third-order valence-electron chi connectivity index (χ3n) is 3.90. The Morgan fingerprint density at radius 3 is 2.47 bits per heavy atom. The molecule has 1 aromatic rings.